The van der Waals surface area contributed by atoms with Crippen LogP contribution < -0.4 is 14.2 Å². The number of benzene rings is 2. The van der Waals surface area contributed by atoms with E-state index in [9.17, 15) is 8.42 Å². The van der Waals surface area contributed by atoms with Gasteiger partial charge in [-0.1, -0.05) is 12.1 Å². The van der Waals surface area contributed by atoms with E-state index in [2.05, 4.69) is 4.72 Å². The SMILES string of the molecule is CCOc1ccc(S(=O)(=O)NCc2ccc(OC)cc2)cc1C. The van der Waals surface area contributed by atoms with E-state index in [-0.39, 0.29) is 11.4 Å². The molecular weight excluding hydrogens is 314 g/mol. The largest absolute Gasteiger partial charge is 0.497 e. The maximum absolute atomic E-state index is 12.4. The van der Waals surface area contributed by atoms with Crippen LogP contribution in [0.3, 0.4) is 0 Å². The predicted octanol–water partition coefficient (Wildman–Crippen LogP) is 2.88. The fourth-order valence-electron chi connectivity index (χ4n) is 2.11. The third-order valence-electron chi connectivity index (χ3n) is 3.38. The highest BCUT2D eigenvalue weighted by Gasteiger charge is 2.15. The molecule has 6 heteroatoms. The number of hydrogen-bond acceptors (Lipinski definition) is 4. The lowest BCUT2D eigenvalue weighted by Crippen LogP contribution is -2.23. The fourth-order valence-corrected chi connectivity index (χ4v) is 3.21. The topological polar surface area (TPSA) is 64.6 Å². The van der Waals surface area contributed by atoms with Crippen molar-refractivity contribution in [2.24, 2.45) is 0 Å². The van der Waals surface area contributed by atoms with E-state index >= 15 is 0 Å². The van der Waals surface area contributed by atoms with Crippen molar-refractivity contribution >= 4 is 10.0 Å². The molecule has 0 aliphatic heterocycles. The summed E-state index contributed by atoms with van der Waals surface area (Å²) < 4.78 is 37.9. The molecule has 2 aromatic carbocycles. The maximum atomic E-state index is 12.4. The van der Waals surface area contributed by atoms with Crippen molar-refractivity contribution in [2.75, 3.05) is 13.7 Å². The first kappa shape index (κ1) is 17.3. The number of aryl methyl sites for hydroxylation is 1. The zero-order chi connectivity index (χ0) is 16.9. The lowest BCUT2D eigenvalue weighted by Gasteiger charge is -2.11. The van der Waals surface area contributed by atoms with Crippen molar-refractivity contribution in [3.05, 3.63) is 53.6 Å². The van der Waals surface area contributed by atoms with Gasteiger partial charge in [0.1, 0.15) is 11.5 Å². The van der Waals surface area contributed by atoms with E-state index < -0.39 is 10.0 Å². The van der Waals surface area contributed by atoms with E-state index in [0.717, 1.165) is 16.9 Å². The highest BCUT2D eigenvalue weighted by Crippen LogP contribution is 2.22. The van der Waals surface area contributed by atoms with Crippen molar-refractivity contribution < 1.29 is 17.9 Å². The quantitative estimate of drug-likeness (QED) is 0.845. The van der Waals surface area contributed by atoms with Crippen LogP contribution in [-0.2, 0) is 16.6 Å². The number of methoxy groups -OCH3 is 1. The first-order chi connectivity index (χ1) is 11.0. The molecule has 0 radical (unpaired) electrons. The Morgan fingerprint density at radius 3 is 2.35 bits per heavy atom. The molecule has 0 aliphatic rings. The monoisotopic (exact) mass is 335 g/mol. The molecule has 0 atom stereocenters. The molecule has 124 valence electrons. The number of ether oxygens (including phenoxy) is 2. The van der Waals surface area contributed by atoms with Gasteiger partial charge in [0.2, 0.25) is 10.0 Å². The van der Waals surface area contributed by atoms with Crippen molar-refractivity contribution in [3.8, 4) is 11.5 Å². The summed E-state index contributed by atoms with van der Waals surface area (Å²) in [6.07, 6.45) is 0. The fraction of sp³-hybridized carbons (Fsp3) is 0.294. The first-order valence-corrected chi connectivity index (χ1v) is 8.80. The van der Waals surface area contributed by atoms with Gasteiger partial charge in [0.25, 0.3) is 0 Å². The molecular formula is C17H21NO4S. The lowest BCUT2D eigenvalue weighted by atomic mass is 10.2. The van der Waals surface area contributed by atoms with Gasteiger partial charge in [-0.05, 0) is 55.3 Å². The normalized spacial score (nSPS) is 11.3. The highest BCUT2D eigenvalue weighted by molar-refractivity contribution is 7.89. The predicted molar refractivity (Wildman–Crippen MR) is 89.4 cm³/mol. The van der Waals surface area contributed by atoms with Crippen LogP contribution in [0.15, 0.2) is 47.4 Å². The minimum atomic E-state index is -3.57. The van der Waals surface area contributed by atoms with Crippen LogP contribution in [0.1, 0.15) is 18.1 Å². The number of sulfonamides is 1. The van der Waals surface area contributed by atoms with Gasteiger partial charge in [0.15, 0.2) is 0 Å². The Morgan fingerprint density at radius 2 is 1.78 bits per heavy atom. The second-order valence-corrected chi connectivity index (χ2v) is 6.80. The van der Waals surface area contributed by atoms with Gasteiger partial charge in [-0.25, -0.2) is 13.1 Å². The van der Waals surface area contributed by atoms with Crippen LogP contribution in [0, 0.1) is 6.92 Å². The van der Waals surface area contributed by atoms with E-state index in [0.29, 0.717) is 12.4 Å². The minimum Gasteiger partial charge on any atom is -0.497 e. The molecule has 1 N–H and O–H groups in total. The standard InChI is InChI=1S/C17H21NO4S/c1-4-22-17-10-9-16(11-13(17)2)23(19,20)18-12-14-5-7-15(21-3)8-6-14/h5-11,18H,4,12H2,1-3H3. The molecule has 0 bridgehead atoms. The summed E-state index contributed by atoms with van der Waals surface area (Å²) in [5.41, 5.74) is 1.65. The second kappa shape index (κ2) is 7.48. The Kier molecular flexibility index (Phi) is 5.63. The summed E-state index contributed by atoms with van der Waals surface area (Å²) in [4.78, 5) is 0.229. The Bertz CT molecular complexity index is 755. The van der Waals surface area contributed by atoms with Gasteiger partial charge in [0.05, 0.1) is 18.6 Å². The third kappa shape index (κ3) is 4.46. The molecule has 0 fully saturated rings. The van der Waals surface area contributed by atoms with Crippen LogP contribution in [0.2, 0.25) is 0 Å². The van der Waals surface area contributed by atoms with Gasteiger partial charge < -0.3 is 9.47 Å². The second-order valence-electron chi connectivity index (χ2n) is 5.03. The molecule has 0 saturated heterocycles. The minimum absolute atomic E-state index is 0.221. The van der Waals surface area contributed by atoms with Gasteiger partial charge in [-0.3, -0.25) is 0 Å². The molecule has 0 saturated carbocycles. The number of nitrogens with one attached hydrogen (secondary N) is 1. The van der Waals surface area contributed by atoms with E-state index in [4.69, 9.17) is 9.47 Å². The van der Waals surface area contributed by atoms with Crippen molar-refractivity contribution in [1.29, 1.82) is 0 Å². The molecule has 23 heavy (non-hydrogen) atoms. The summed E-state index contributed by atoms with van der Waals surface area (Å²) in [5, 5.41) is 0. The van der Waals surface area contributed by atoms with E-state index in [1.54, 1.807) is 37.4 Å². The van der Waals surface area contributed by atoms with Crippen LogP contribution in [0.5, 0.6) is 11.5 Å². The smallest absolute Gasteiger partial charge is 0.240 e. The average Bonchev–Trinajstić information content (AvgIpc) is 2.55. The van der Waals surface area contributed by atoms with Gasteiger partial charge >= 0.3 is 0 Å². The van der Waals surface area contributed by atoms with E-state index in [1.807, 2.05) is 26.0 Å². The van der Waals surface area contributed by atoms with Crippen LogP contribution in [0.25, 0.3) is 0 Å². The molecule has 2 aromatic rings. The van der Waals surface area contributed by atoms with Crippen LogP contribution >= 0.6 is 0 Å². The molecule has 2 rings (SSSR count). The Hall–Kier alpha value is -2.05. The summed E-state index contributed by atoms with van der Waals surface area (Å²) in [6.45, 7) is 4.48. The maximum Gasteiger partial charge on any atom is 0.240 e. The van der Waals surface area contributed by atoms with Crippen molar-refractivity contribution in [2.45, 2.75) is 25.3 Å². The number of rotatable bonds is 7. The van der Waals surface area contributed by atoms with Gasteiger partial charge in [0, 0.05) is 6.54 Å². The molecule has 0 aliphatic carbocycles. The highest BCUT2D eigenvalue weighted by atomic mass is 32.2. The molecule has 0 unspecified atom stereocenters. The Labute approximate surface area is 137 Å². The van der Waals surface area contributed by atoms with Crippen LogP contribution in [0.4, 0.5) is 0 Å². The zero-order valence-corrected chi connectivity index (χ0v) is 14.3. The van der Waals surface area contributed by atoms with Crippen molar-refractivity contribution in [3.63, 3.8) is 0 Å². The lowest BCUT2D eigenvalue weighted by molar-refractivity contribution is 0.337. The zero-order valence-electron chi connectivity index (χ0n) is 13.5. The third-order valence-corrected chi connectivity index (χ3v) is 4.78. The number of hydrogen-bond donors (Lipinski definition) is 1. The molecule has 0 aromatic heterocycles. The molecule has 0 amide bonds. The van der Waals surface area contributed by atoms with Crippen LogP contribution in [-0.4, -0.2) is 22.1 Å². The summed E-state index contributed by atoms with van der Waals surface area (Å²) in [5.74, 6) is 1.43. The van der Waals surface area contributed by atoms with Gasteiger partial charge in [-0.2, -0.15) is 0 Å². The Balaban J connectivity index is 2.10. The average molecular weight is 335 g/mol. The molecule has 5 nitrogen and oxygen atoms in total. The first-order valence-electron chi connectivity index (χ1n) is 7.32. The Morgan fingerprint density at radius 1 is 1.09 bits per heavy atom. The van der Waals surface area contributed by atoms with Gasteiger partial charge in [-0.15, -0.1) is 0 Å². The summed E-state index contributed by atoms with van der Waals surface area (Å²) in [6, 6.07) is 12.1. The molecule has 0 spiro atoms. The summed E-state index contributed by atoms with van der Waals surface area (Å²) >= 11 is 0. The van der Waals surface area contributed by atoms with E-state index in [1.165, 1.54) is 0 Å². The molecule has 0 heterocycles. The summed E-state index contributed by atoms with van der Waals surface area (Å²) in [7, 11) is -1.98. The van der Waals surface area contributed by atoms with Crippen molar-refractivity contribution in [1.82, 2.24) is 4.72 Å².